The first kappa shape index (κ1) is 12.8. The van der Waals surface area contributed by atoms with Crippen molar-refractivity contribution in [1.29, 1.82) is 5.26 Å². The highest BCUT2D eigenvalue weighted by Crippen LogP contribution is 2.16. The van der Waals surface area contributed by atoms with Crippen molar-refractivity contribution in [2.75, 3.05) is 5.32 Å². The van der Waals surface area contributed by atoms with Crippen LogP contribution in [0.2, 0.25) is 0 Å². The van der Waals surface area contributed by atoms with Gasteiger partial charge in [-0.2, -0.15) is 5.26 Å². The molecule has 0 aromatic heterocycles. The molecule has 0 atom stereocenters. The van der Waals surface area contributed by atoms with Crippen LogP contribution in [0, 0.1) is 20.7 Å². The number of nitrogens with zero attached hydrogens (tertiary/aromatic N) is 1. The van der Waals surface area contributed by atoms with Gasteiger partial charge >= 0.3 is 0 Å². The zero-order valence-corrected chi connectivity index (χ0v) is 11.6. The van der Waals surface area contributed by atoms with E-state index < -0.39 is 5.82 Å². The Labute approximate surface area is 119 Å². The number of hydrogen-bond donors (Lipinski definition) is 1. The van der Waals surface area contributed by atoms with Crippen molar-refractivity contribution in [2.24, 2.45) is 0 Å². The Morgan fingerprint density at radius 3 is 2.50 bits per heavy atom. The van der Waals surface area contributed by atoms with Crippen LogP contribution in [-0.4, -0.2) is 0 Å². The highest BCUT2D eigenvalue weighted by Gasteiger charge is 2.03. The van der Waals surface area contributed by atoms with E-state index >= 15 is 0 Å². The number of nitriles is 1. The Bertz CT molecular complexity index is 588. The van der Waals surface area contributed by atoms with Crippen molar-refractivity contribution in [3.05, 3.63) is 63.0 Å². The molecule has 0 aliphatic carbocycles. The van der Waals surface area contributed by atoms with Crippen LogP contribution in [0.15, 0.2) is 42.5 Å². The summed E-state index contributed by atoms with van der Waals surface area (Å²) >= 11 is 2.24. The summed E-state index contributed by atoms with van der Waals surface area (Å²) in [5.41, 5.74) is 1.82. The van der Waals surface area contributed by atoms with Crippen LogP contribution < -0.4 is 5.32 Å². The number of hydrogen-bond acceptors (Lipinski definition) is 2. The second-order valence-corrected chi connectivity index (χ2v) is 5.03. The van der Waals surface area contributed by atoms with E-state index in [-0.39, 0.29) is 0 Å². The van der Waals surface area contributed by atoms with E-state index in [2.05, 4.69) is 27.9 Å². The van der Waals surface area contributed by atoms with Crippen LogP contribution in [0.5, 0.6) is 0 Å². The van der Waals surface area contributed by atoms with E-state index in [1.54, 1.807) is 12.1 Å². The summed E-state index contributed by atoms with van der Waals surface area (Å²) in [6.45, 7) is 0.555. The lowest BCUT2D eigenvalue weighted by Gasteiger charge is -2.08. The summed E-state index contributed by atoms with van der Waals surface area (Å²) in [7, 11) is 0. The predicted octanol–water partition coefficient (Wildman–Crippen LogP) is 3.91. The van der Waals surface area contributed by atoms with Gasteiger partial charge in [0, 0.05) is 10.1 Å². The number of anilines is 1. The first-order valence-electron chi connectivity index (χ1n) is 5.37. The molecule has 18 heavy (non-hydrogen) atoms. The Hall–Kier alpha value is -1.61. The quantitative estimate of drug-likeness (QED) is 0.851. The van der Waals surface area contributed by atoms with Crippen LogP contribution in [-0.2, 0) is 6.54 Å². The second kappa shape index (κ2) is 5.83. The number of rotatable bonds is 3. The summed E-state index contributed by atoms with van der Waals surface area (Å²) in [5, 5.41) is 11.7. The Kier molecular flexibility index (Phi) is 4.15. The summed E-state index contributed by atoms with van der Waals surface area (Å²) in [5.74, 6) is -0.403. The maximum Gasteiger partial charge on any atom is 0.147 e. The molecule has 0 bridgehead atoms. The molecule has 0 spiro atoms. The van der Waals surface area contributed by atoms with Gasteiger partial charge in [0.15, 0.2) is 0 Å². The van der Waals surface area contributed by atoms with Crippen molar-refractivity contribution in [1.82, 2.24) is 0 Å². The Morgan fingerprint density at radius 1 is 1.17 bits per heavy atom. The molecule has 1 N–H and O–H groups in total. The molecule has 0 heterocycles. The van der Waals surface area contributed by atoms with E-state index in [9.17, 15) is 4.39 Å². The third-order valence-electron chi connectivity index (χ3n) is 2.49. The van der Waals surface area contributed by atoms with Gasteiger partial charge in [0.2, 0.25) is 0 Å². The van der Waals surface area contributed by atoms with Crippen molar-refractivity contribution in [3.63, 3.8) is 0 Å². The highest BCUT2D eigenvalue weighted by molar-refractivity contribution is 14.1. The normalized spacial score (nSPS) is 9.83. The van der Waals surface area contributed by atoms with Gasteiger partial charge in [-0.25, -0.2) is 4.39 Å². The Balaban J connectivity index is 2.06. The minimum absolute atomic E-state index is 0.326. The molecule has 0 saturated heterocycles. The van der Waals surface area contributed by atoms with Crippen molar-refractivity contribution >= 4 is 28.3 Å². The molecule has 0 amide bonds. The molecular weight excluding hydrogens is 342 g/mol. The lowest BCUT2D eigenvalue weighted by molar-refractivity contribution is 0.629. The molecule has 0 radical (unpaired) electrons. The van der Waals surface area contributed by atoms with Crippen LogP contribution in [0.4, 0.5) is 10.1 Å². The number of benzene rings is 2. The van der Waals surface area contributed by atoms with Gasteiger partial charge in [-0.3, -0.25) is 0 Å². The second-order valence-electron chi connectivity index (χ2n) is 3.79. The van der Waals surface area contributed by atoms with Crippen molar-refractivity contribution < 1.29 is 4.39 Å². The topological polar surface area (TPSA) is 35.8 Å². The molecule has 4 heteroatoms. The molecule has 2 aromatic carbocycles. The maximum absolute atomic E-state index is 13.6. The smallest absolute Gasteiger partial charge is 0.147 e. The number of halogens is 2. The number of nitrogens with one attached hydrogen (secondary N) is 1. The van der Waals surface area contributed by atoms with Crippen LogP contribution in [0.25, 0.3) is 0 Å². The molecule has 0 unspecified atom stereocenters. The van der Waals surface area contributed by atoms with E-state index in [1.807, 2.05) is 30.3 Å². The standard InChI is InChI=1S/C14H10FIN2/c15-13-7-11(8-17)3-6-14(13)18-9-10-1-4-12(16)5-2-10/h1-7,18H,9H2. The van der Waals surface area contributed by atoms with Gasteiger partial charge in [-0.1, -0.05) is 12.1 Å². The molecule has 2 rings (SSSR count). The molecule has 0 aliphatic heterocycles. The molecule has 2 aromatic rings. The minimum atomic E-state index is -0.403. The maximum atomic E-state index is 13.6. The minimum Gasteiger partial charge on any atom is -0.379 e. The zero-order valence-electron chi connectivity index (χ0n) is 9.45. The van der Waals surface area contributed by atoms with Gasteiger partial charge in [0.05, 0.1) is 17.3 Å². The van der Waals surface area contributed by atoms with E-state index in [4.69, 9.17) is 5.26 Å². The largest absolute Gasteiger partial charge is 0.379 e. The predicted molar refractivity (Wildman–Crippen MR) is 77.6 cm³/mol. The van der Waals surface area contributed by atoms with Crippen LogP contribution >= 0.6 is 22.6 Å². The third kappa shape index (κ3) is 3.20. The highest BCUT2D eigenvalue weighted by atomic mass is 127. The van der Waals surface area contributed by atoms with Gasteiger partial charge in [0.25, 0.3) is 0 Å². The van der Waals surface area contributed by atoms with Gasteiger partial charge in [0.1, 0.15) is 5.82 Å². The fourth-order valence-corrected chi connectivity index (χ4v) is 1.89. The summed E-state index contributed by atoms with van der Waals surface area (Å²) in [6.07, 6.45) is 0. The Morgan fingerprint density at radius 2 is 1.89 bits per heavy atom. The average Bonchev–Trinajstić information content (AvgIpc) is 2.39. The van der Waals surface area contributed by atoms with Crippen molar-refractivity contribution in [3.8, 4) is 6.07 Å². The molecule has 2 nitrogen and oxygen atoms in total. The van der Waals surface area contributed by atoms with Gasteiger partial charge < -0.3 is 5.32 Å². The fourth-order valence-electron chi connectivity index (χ4n) is 1.53. The SMILES string of the molecule is N#Cc1ccc(NCc2ccc(I)cc2)c(F)c1. The monoisotopic (exact) mass is 352 g/mol. The first-order valence-corrected chi connectivity index (χ1v) is 6.45. The summed E-state index contributed by atoms with van der Waals surface area (Å²) in [4.78, 5) is 0. The third-order valence-corrected chi connectivity index (χ3v) is 3.21. The van der Waals surface area contributed by atoms with E-state index in [1.165, 1.54) is 9.64 Å². The van der Waals surface area contributed by atoms with E-state index in [0.29, 0.717) is 17.8 Å². The van der Waals surface area contributed by atoms with Gasteiger partial charge in [-0.05, 0) is 58.5 Å². The first-order chi connectivity index (χ1) is 8.69. The van der Waals surface area contributed by atoms with Crippen LogP contribution in [0.1, 0.15) is 11.1 Å². The summed E-state index contributed by atoms with van der Waals surface area (Å²) < 4.78 is 14.8. The van der Waals surface area contributed by atoms with Gasteiger partial charge in [-0.15, -0.1) is 0 Å². The molecule has 0 aliphatic rings. The fraction of sp³-hybridized carbons (Fsp3) is 0.0714. The van der Waals surface area contributed by atoms with E-state index in [0.717, 1.165) is 5.56 Å². The summed E-state index contributed by atoms with van der Waals surface area (Å²) in [6, 6.07) is 14.3. The molecule has 0 saturated carbocycles. The molecular formula is C14H10FIN2. The molecule has 90 valence electrons. The lowest BCUT2D eigenvalue weighted by Crippen LogP contribution is -2.01. The molecule has 0 fully saturated rings. The van der Waals surface area contributed by atoms with Crippen molar-refractivity contribution in [2.45, 2.75) is 6.54 Å². The zero-order chi connectivity index (χ0) is 13.0. The average molecular weight is 352 g/mol. The lowest BCUT2D eigenvalue weighted by atomic mass is 10.2. The van der Waals surface area contributed by atoms with Crippen LogP contribution in [0.3, 0.4) is 0 Å².